The Labute approximate surface area is 164 Å². The number of unbranched alkanes of at least 4 members (excludes halogenated alkanes) is 1. The number of rotatable bonds is 7. The minimum atomic E-state index is -3.83. The third-order valence-electron chi connectivity index (χ3n) is 3.64. The third kappa shape index (κ3) is 6.63. The number of hydrogen-bond acceptors (Lipinski definition) is 4. The molecule has 0 aliphatic rings. The second-order valence-electron chi connectivity index (χ2n) is 5.84. The molecule has 0 aromatic heterocycles. The molecular weight excluding hydrogens is 384 g/mol. The van der Waals surface area contributed by atoms with Gasteiger partial charge in [0.25, 0.3) is 5.91 Å². The number of thiocarbonyl (C=S) groups is 1. The van der Waals surface area contributed by atoms with Gasteiger partial charge in [0.15, 0.2) is 5.11 Å². The fourth-order valence-corrected chi connectivity index (χ4v) is 2.99. The van der Waals surface area contributed by atoms with Crippen LogP contribution in [0.15, 0.2) is 53.4 Å². The van der Waals surface area contributed by atoms with Crippen molar-refractivity contribution in [1.29, 1.82) is 0 Å². The van der Waals surface area contributed by atoms with Crippen LogP contribution in [0, 0.1) is 0 Å². The molecular formula is C18H22N4O3S2. The lowest BCUT2D eigenvalue weighted by Crippen LogP contribution is -2.29. The van der Waals surface area contributed by atoms with Crippen molar-refractivity contribution in [3.05, 3.63) is 54.1 Å². The van der Waals surface area contributed by atoms with Crippen LogP contribution in [0.1, 0.15) is 30.1 Å². The average molecular weight is 407 g/mol. The number of anilines is 2. The van der Waals surface area contributed by atoms with Crippen LogP contribution in [-0.2, 0) is 10.0 Å². The Morgan fingerprint density at radius 2 is 1.78 bits per heavy atom. The van der Waals surface area contributed by atoms with Crippen LogP contribution in [0.4, 0.5) is 11.4 Å². The van der Waals surface area contributed by atoms with Crippen LogP contribution < -0.4 is 21.1 Å². The number of hydrogen-bond donors (Lipinski definition) is 4. The van der Waals surface area contributed by atoms with Crippen molar-refractivity contribution in [1.82, 2.24) is 5.32 Å². The first kappa shape index (κ1) is 20.8. The lowest BCUT2D eigenvalue weighted by Gasteiger charge is -2.11. The zero-order valence-electron chi connectivity index (χ0n) is 14.9. The van der Waals surface area contributed by atoms with Crippen LogP contribution in [0.3, 0.4) is 0 Å². The van der Waals surface area contributed by atoms with Gasteiger partial charge in [0.2, 0.25) is 10.0 Å². The molecule has 2 aromatic carbocycles. The van der Waals surface area contributed by atoms with Gasteiger partial charge in [-0.25, -0.2) is 13.6 Å². The number of benzene rings is 2. The molecule has 0 aliphatic heterocycles. The van der Waals surface area contributed by atoms with Gasteiger partial charge in [-0.05, 0) is 61.1 Å². The number of nitrogens with two attached hydrogens (primary N) is 1. The molecule has 5 N–H and O–H groups in total. The summed E-state index contributed by atoms with van der Waals surface area (Å²) in [5.74, 6) is -0.364. The minimum absolute atomic E-state index is 0.0658. The summed E-state index contributed by atoms with van der Waals surface area (Å²) in [5, 5.41) is 14.4. The minimum Gasteiger partial charge on any atom is -0.362 e. The number of primary sulfonamides is 1. The van der Waals surface area contributed by atoms with Crippen LogP contribution >= 0.6 is 12.2 Å². The second kappa shape index (κ2) is 9.45. The van der Waals surface area contributed by atoms with Gasteiger partial charge in [0.1, 0.15) is 0 Å². The van der Waals surface area contributed by atoms with Crippen molar-refractivity contribution in [2.75, 3.05) is 17.2 Å². The Morgan fingerprint density at radius 1 is 1.07 bits per heavy atom. The Hall–Kier alpha value is -2.49. The van der Waals surface area contributed by atoms with Gasteiger partial charge >= 0.3 is 0 Å². The van der Waals surface area contributed by atoms with E-state index in [1.807, 2.05) is 0 Å². The summed E-state index contributed by atoms with van der Waals surface area (Å²) in [6.45, 7) is 2.91. The van der Waals surface area contributed by atoms with E-state index in [4.69, 9.17) is 17.4 Å². The van der Waals surface area contributed by atoms with Gasteiger partial charge in [-0.3, -0.25) is 4.79 Å². The van der Waals surface area contributed by atoms with Gasteiger partial charge in [0, 0.05) is 23.5 Å². The molecule has 0 aliphatic carbocycles. The highest BCUT2D eigenvalue weighted by Gasteiger charge is 2.11. The van der Waals surface area contributed by atoms with E-state index >= 15 is 0 Å². The zero-order valence-corrected chi connectivity index (χ0v) is 16.5. The summed E-state index contributed by atoms with van der Waals surface area (Å²) in [6, 6.07) is 12.5. The van der Waals surface area contributed by atoms with Crippen LogP contribution in [0.25, 0.3) is 0 Å². The lowest BCUT2D eigenvalue weighted by atomic mass is 10.2. The molecule has 7 nitrogen and oxygen atoms in total. The average Bonchev–Trinajstić information content (AvgIpc) is 2.62. The zero-order chi connectivity index (χ0) is 19.9. The van der Waals surface area contributed by atoms with E-state index in [0.29, 0.717) is 16.4 Å². The van der Waals surface area contributed by atoms with Crippen molar-refractivity contribution < 1.29 is 13.2 Å². The predicted molar refractivity (Wildman–Crippen MR) is 111 cm³/mol. The first-order valence-electron chi connectivity index (χ1n) is 8.38. The molecule has 0 heterocycles. The third-order valence-corrected chi connectivity index (χ3v) is 4.80. The van der Waals surface area contributed by atoms with Crippen molar-refractivity contribution in [2.24, 2.45) is 5.14 Å². The molecule has 0 spiro atoms. The Balaban J connectivity index is 1.99. The second-order valence-corrected chi connectivity index (χ2v) is 7.81. The van der Waals surface area contributed by atoms with Crippen LogP contribution in [-0.4, -0.2) is 26.0 Å². The summed E-state index contributed by atoms with van der Waals surface area (Å²) >= 11 is 5.20. The molecule has 144 valence electrons. The molecule has 0 radical (unpaired) electrons. The van der Waals surface area contributed by atoms with E-state index in [0.717, 1.165) is 25.1 Å². The molecule has 1 amide bonds. The van der Waals surface area contributed by atoms with Gasteiger partial charge in [-0.15, -0.1) is 0 Å². The summed E-state index contributed by atoms with van der Waals surface area (Å²) in [5.41, 5.74) is 1.53. The number of amides is 1. The molecule has 0 fully saturated rings. The Bertz CT molecular complexity index is 912. The summed E-state index contributed by atoms with van der Waals surface area (Å²) in [6.07, 6.45) is 2.12. The molecule has 0 unspecified atom stereocenters. The topological polar surface area (TPSA) is 113 Å². The summed E-state index contributed by atoms with van der Waals surface area (Å²) < 4.78 is 22.8. The Morgan fingerprint density at radius 3 is 2.41 bits per heavy atom. The van der Waals surface area contributed by atoms with Gasteiger partial charge in [-0.1, -0.05) is 19.4 Å². The van der Waals surface area contributed by atoms with Crippen molar-refractivity contribution in [2.45, 2.75) is 24.7 Å². The van der Waals surface area contributed by atoms with E-state index in [9.17, 15) is 13.2 Å². The molecule has 2 rings (SSSR count). The van der Waals surface area contributed by atoms with Crippen molar-refractivity contribution >= 4 is 44.6 Å². The van der Waals surface area contributed by atoms with E-state index in [2.05, 4.69) is 22.9 Å². The monoisotopic (exact) mass is 406 g/mol. The first-order chi connectivity index (χ1) is 12.8. The molecule has 0 atom stereocenters. The van der Waals surface area contributed by atoms with E-state index in [1.165, 1.54) is 18.2 Å². The maximum absolute atomic E-state index is 12.3. The number of sulfonamides is 1. The molecule has 27 heavy (non-hydrogen) atoms. The smallest absolute Gasteiger partial charge is 0.255 e. The van der Waals surface area contributed by atoms with Gasteiger partial charge in [-0.2, -0.15) is 0 Å². The molecule has 2 aromatic rings. The fraction of sp³-hybridized carbons (Fsp3) is 0.222. The van der Waals surface area contributed by atoms with Crippen LogP contribution in [0.2, 0.25) is 0 Å². The fourth-order valence-electron chi connectivity index (χ4n) is 2.21. The summed E-state index contributed by atoms with van der Waals surface area (Å²) in [4.78, 5) is 12.3. The largest absolute Gasteiger partial charge is 0.362 e. The highest BCUT2D eigenvalue weighted by Crippen LogP contribution is 2.16. The highest BCUT2D eigenvalue weighted by atomic mass is 32.2. The summed E-state index contributed by atoms with van der Waals surface area (Å²) in [7, 11) is -3.83. The van der Waals surface area contributed by atoms with Crippen molar-refractivity contribution in [3.63, 3.8) is 0 Å². The number of carbonyl (C=O) groups is 1. The molecule has 0 saturated carbocycles. The maximum Gasteiger partial charge on any atom is 0.255 e. The SMILES string of the molecule is CCCCNC(=S)Nc1ccc(C(=O)Nc2cccc(S(N)(=O)=O)c2)cc1. The lowest BCUT2D eigenvalue weighted by molar-refractivity contribution is 0.102. The normalized spacial score (nSPS) is 10.9. The van der Waals surface area contributed by atoms with Gasteiger partial charge in [0.05, 0.1) is 4.90 Å². The molecule has 0 saturated heterocycles. The Kier molecular flexibility index (Phi) is 7.28. The van der Waals surface area contributed by atoms with E-state index in [1.54, 1.807) is 30.3 Å². The van der Waals surface area contributed by atoms with Crippen molar-refractivity contribution in [3.8, 4) is 0 Å². The first-order valence-corrected chi connectivity index (χ1v) is 10.3. The van der Waals surface area contributed by atoms with Gasteiger partial charge < -0.3 is 16.0 Å². The molecule has 9 heteroatoms. The number of carbonyl (C=O) groups excluding carboxylic acids is 1. The quantitative estimate of drug-likeness (QED) is 0.415. The number of nitrogens with one attached hydrogen (secondary N) is 3. The maximum atomic E-state index is 12.3. The standard InChI is InChI=1S/C18H22N4O3S2/c1-2-3-11-20-18(26)22-14-9-7-13(8-10-14)17(23)21-15-5-4-6-16(12-15)27(19,24)25/h4-10,12H,2-3,11H2,1H3,(H,21,23)(H2,19,24,25)(H2,20,22,26). The van der Waals surface area contributed by atoms with E-state index < -0.39 is 10.0 Å². The predicted octanol–water partition coefficient (Wildman–Crippen LogP) is 2.67. The van der Waals surface area contributed by atoms with E-state index in [-0.39, 0.29) is 10.8 Å². The molecule has 0 bridgehead atoms. The highest BCUT2D eigenvalue weighted by molar-refractivity contribution is 7.89. The van der Waals surface area contributed by atoms with Crippen LogP contribution in [0.5, 0.6) is 0 Å².